The zero-order valence-electron chi connectivity index (χ0n) is 13.1. The van der Waals surface area contributed by atoms with Crippen LogP contribution in [0.1, 0.15) is 22.3 Å². The van der Waals surface area contributed by atoms with Gasteiger partial charge in [0.2, 0.25) is 0 Å². The average molecular weight is 361 g/mol. The molecule has 1 N–H and O–H groups in total. The van der Waals surface area contributed by atoms with Gasteiger partial charge in [-0.2, -0.15) is 18.4 Å². The SMILES string of the molecule is N#Cc1ccc(C(F)(F)F)c(Cc2ccccc2)c1NC1=NCCS1. The van der Waals surface area contributed by atoms with Gasteiger partial charge in [-0.15, -0.1) is 0 Å². The van der Waals surface area contributed by atoms with Crippen LogP contribution in [0.4, 0.5) is 18.9 Å². The Kier molecular flexibility index (Phi) is 5.00. The van der Waals surface area contributed by atoms with Crippen molar-refractivity contribution in [3.05, 3.63) is 64.7 Å². The van der Waals surface area contributed by atoms with E-state index < -0.39 is 11.7 Å². The van der Waals surface area contributed by atoms with Crippen LogP contribution in [0.2, 0.25) is 0 Å². The maximum Gasteiger partial charge on any atom is 0.416 e. The minimum absolute atomic E-state index is 0.0629. The van der Waals surface area contributed by atoms with Gasteiger partial charge in [-0.3, -0.25) is 4.99 Å². The Morgan fingerprint density at radius 1 is 1.16 bits per heavy atom. The number of anilines is 1. The molecule has 2 aromatic carbocycles. The first kappa shape index (κ1) is 17.4. The third-order valence-electron chi connectivity index (χ3n) is 3.78. The third kappa shape index (κ3) is 3.97. The average Bonchev–Trinajstić information content (AvgIpc) is 3.09. The van der Waals surface area contributed by atoms with Crippen molar-refractivity contribution in [2.45, 2.75) is 12.6 Å². The van der Waals surface area contributed by atoms with Gasteiger partial charge in [0.05, 0.1) is 23.4 Å². The fourth-order valence-electron chi connectivity index (χ4n) is 2.65. The van der Waals surface area contributed by atoms with Gasteiger partial charge in [-0.1, -0.05) is 42.1 Å². The van der Waals surface area contributed by atoms with Crippen molar-refractivity contribution in [2.24, 2.45) is 4.99 Å². The van der Waals surface area contributed by atoms with E-state index in [1.807, 2.05) is 12.1 Å². The van der Waals surface area contributed by atoms with Gasteiger partial charge in [-0.05, 0) is 23.3 Å². The minimum Gasteiger partial charge on any atom is -0.334 e. The van der Waals surface area contributed by atoms with Crippen molar-refractivity contribution in [3.63, 3.8) is 0 Å². The Balaban J connectivity index is 2.13. The number of hydrogen-bond acceptors (Lipinski definition) is 4. The quantitative estimate of drug-likeness (QED) is 0.863. The van der Waals surface area contributed by atoms with Gasteiger partial charge in [-0.25, -0.2) is 0 Å². The van der Waals surface area contributed by atoms with Gasteiger partial charge in [0.15, 0.2) is 5.17 Å². The first-order chi connectivity index (χ1) is 12.0. The van der Waals surface area contributed by atoms with E-state index in [0.717, 1.165) is 17.4 Å². The van der Waals surface area contributed by atoms with Gasteiger partial charge in [0, 0.05) is 12.2 Å². The molecule has 0 amide bonds. The molecular formula is C18H14F3N3S. The van der Waals surface area contributed by atoms with E-state index >= 15 is 0 Å². The zero-order chi connectivity index (χ0) is 17.9. The lowest BCUT2D eigenvalue weighted by atomic mass is 9.94. The third-order valence-corrected chi connectivity index (χ3v) is 4.67. The summed E-state index contributed by atoms with van der Waals surface area (Å²) in [5, 5.41) is 12.9. The molecule has 1 aliphatic rings. The molecule has 1 heterocycles. The summed E-state index contributed by atoms with van der Waals surface area (Å²) >= 11 is 1.43. The van der Waals surface area contributed by atoms with Gasteiger partial charge in [0.1, 0.15) is 6.07 Å². The highest BCUT2D eigenvalue weighted by Crippen LogP contribution is 2.38. The number of nitriles is 1. The first-order valence-electron chi connectivity index (χ1n) is 7.60. The van der Waals surface area contributed by atoms with Crippen LogP contribution in [0.3, 0.4) is 0 Å². The van der Waals surface area contributed by atoms with Crippen molar-refractivity contribution in [3.8, 4) is 6.07 Å². The number of benzene rings is 2. The van der Waals surface area contributed by atoms with E-state index in [9.17, 15) is 18.4 Å². The molecule has 0 aliphatic carbocycles. The molecule has 0 saturated carbocycles. The van der Waals surface area contributed by atoms with Crippen molar-refractivity contribution >= 4 is 22.6 Å². The number of amidine groups is 1. The molecule has 0 unspecified atom stereocenters. The number of rotatable bonds is 3. The summed E-state index contributed by atoms with van der Waals surface area (Å²) in [6, 6.07) is 13.1. The first-order valence-corrected chi connectivity index (χ1v) is 8.59. The smallest absolute Gasteiger partial charge is 0.334 e. The molecule has 128 valence electrons. The zero-order valence-corrected chi connectivity index (χ0v) is 13.9. The van der Waals surface area contributed by atoms with Crippen LogP contribution >= 0.6 is 11.8 Å². The minimum atomic E-state index is -4.50. The molecule has 0 radical (unpaired) electrons. The number of alkyl halides is 3. The molecule has 0 spiro atoms. The van der Waals surface area contributed by atoms with Crippen molar-refractivity contribution in [2.75, 3.05) is 17.6 Å². The number of thioether (sulfide) groups is 1. The van der Waals surface area contributed by atoms with Crippen LogP contribution in [0, 0.1) is 11.3 Å². The van der Waals surface area contributed by atoms with E-state index in [1.165, 1.54) is 17.8 Å². The van der Waals surface area contributed by atoms with Gasteiger partial charge < -0.3 is 5.32 Å². The molecule has 0 fully saturated rings. The lowest BCUT2D eigenvalue weighted by molar-refractivity contribution is -0.138. The predicted molar refractivity (Wildman–Crippen MR) is 93.8 cm³/mol. The molecule has 7 heteroatoms. The van der Waals surface area contributed by atoms with Crippen molar-refractivity contribution in [1.29, 1.82) is 5.26 Å². The van der Waals surface area contributed by atoms with Crippen LogP contribution < -0.4 is 5.32 Å². The van der Waals surface area contributed by atoms with E-state index in [1.54, 1.807) is 24.3 Å². The molecule has 25 heavy (non-hydrogen) atoms. The van der Waals surface area contributed by atoms with Crippen molar-refractivity contribution < 1.29 is 13.2 Å². The summed E-state index contributed by atoms with van der Waals surface area (Å²) in [4.78, 5) is 4.22. The van der Waals surface area contributed by atoms with Crippen molar-refractivity contribution in [1.82, 2.24) is 0 Å². The molecule has 2 aromatic rings. The molecular weight excluding hydrogens is 347 g/mol. The van der Waals surface area contributed by atoms with Crippen LogP contribution in [0.5, 0.6) is 0 Å². The fraction of sp³-hybridized carbons (Fsp3) is 0.222. The molecule has 3 nitrogen and oxygen atoms in total. The van der Waals surface area contributed by atoms with Crippen LogP contribution in [0.15, 0.2) is 47.5 Å². The maximum atomic E-state index is 13.5. The van der Waals surface area contributed by atoms with Crippen LogP contribution in [0.25, 0.3) is 0 Å². The second kappa shape index (κ2) is 7.19. The Hall–Kier alpha value is -2.46. The fourth-order valence-corrected chi connectivity index (χ4v) is 3.38. The van der Waals surface area contributed by atoms with E-state index in [2.05, 4.69) is 10.3 Å². The monoisotopic (exact) mass is 361 g/mol. The molecule has 1 aliphatic heterocycles. The Morgan fingerprint density at radius 3 is 2.52 bits per heavy atom. The lowest BCUT2D eigenvalue weighted by Gasteiger charge is -2.19. The highest BCUT2D eigenvalue weighted by atomic mass is 32.2. The summed E-state index contributed by atoms with van der Waals surface area (Å²) in [6.45, 7) is 0.613. The predicted octanol–water partition coefficient (Wildman–Crippen LogP) is 4.68. The Bertz CT molecular complexity index is 839. The Morgan fingerprint density at radius 2 is 1.92 bits per heavy atom. The number of hydrogen-bond donors (Lipinski definition) is 1. The molecule has 0 atom stereocenters. The summed E-state index contributed by atoms with van der Waals surface area (Å²) in [5.74, 6) is 0.775. The summed E-state index contributed by atoms with van der Waals surface area (Å²) in [6.07, 6.45) is -4.43. The number of aliphatic imine (C=N–C) groups is 1. The normalized spacial score (nSPS) is 14.1. The van der Waals surface area contributed by atoms with E-state index in [4.69, 9.17) is 0 Å². The summed E-state index contributed by atoms with van der Waals surface area (Å²) in [5.41, 5.74) is 0.435. The largest absolute Gasteiger partial charge is 0.416 e. The van der Waals surface area contributed by atoms with Gasteiger partial charge >= 0.3 is 6.18 Å². The second-order valence-corrected chi connectivity index (χ2v) is 6.53. The van der Waals surface area contributed by atoms with E-state index in [-0.39, 0.29) is 23.2 Å². The molecule has 3 rings (SSSR count). The highest BCUT2D eigenvalue weighted by Gasteiger charge is 2.35. The Labute approximate surface area is 147 Å². The molecule has 0 saturated heterocycles. The summed E-state index contributed by atoms with van der Waals surface area (Å²) < 4.78 is 40.6. The summed E-state index contributed by atoms with van der Waals surface area (Å²) in [7, 11) is 0. The number of nitrogens with zero attached hydrogens (tertiary/aromatic N) is 2. The number of nitrogens with one attached hydrogen (secondary N) is 1. The number of halogens is 3. The topological polar surface area (TPSA) is 48.2 Å². The van der Waals surface area contributed by atoms with Crippen LogP contribution in [-0.4, -0.2) is 17.5 Å². The molecule has 0 aromatic heterocycles. The second-order valence-electron chi connectivity index (χ2n) is 5.45. The molecule has 0 bridgehead atoms. The van der Waals surface area contributed by atoms with Crippen LogP contribution in [-0.2, 0) is 12.6 Å². The highest BCUT2D eigenvalue weighted by molar-refractivity contribution is 8.14. The standard InChI is InChI=1S/C18H14F3N3S/c19-18(20,21)15-7-6-13(11-22)16(24-17-23-8-9-25-17)14(15)10-12-4-2-1-3-5-12/h1-7H,8-10H2,(H,23,24). The van der Waals surface area contributed by atoms with Gasteiger partial charge in [0.25, 0.3) is 0 Å². The van der Waals surface area contributed by atoms with E-state index in [0.29, 0.717) is 11.7 Å². The maximum absolute atomic E-state index is 13.5. The lowest BCUT2D eigenvalue weighted by Crippen LogP contribution is -2.16.